The summed E-state index contributed by atoms with van der Waals surface area (Å²) in [5.74, 6) is -0.333. The van der Waals surface area contributed by atoms with E-state index in [0.29, 0.717) is 13.0 Å². The average Bonchev–Trinajstić information content (AvgIpc) is 2.20. The van der Waals surface area contributed by atoms with E-state index in [1.807, 2.05) is 13.8 Å². The Kier molecular flexibility index (Phi) is 49.9. The van der Waals surface area contributed by atoms with Crippen LogP contribution in [0.1, 0.15) is 68.7 Å². The zero-order valence-corrected chi connectivity index (χ0v) is 11.5. The third-order valence-corrected chi connectivity index (χ3v) is 1.05. The number of hydrogen-bond donors (Lipinski definition) is 0. The number of carbonyl (C=O) groups excluding carboxylic acids is 2. The van der Waals surface area contributed by atoms with Crippen LogP contribution in [0.2, 0.25) is 0 Å². The lowest BCUT2D eigenvalue weighted by atomic mass is 10.3. The van der Waals surface area contributed by atoms with Crippen LogP contribution in [-0.4, -0.2) is 25.7 Å². The molecule has 0 rings (SSSR count). The van der Waals surface area contributed by atoms with E-state index in [4.69, 9.17) is 0 Å². The van der Waals surface area contributed by atoms with Gasteiger partial charge in [0.25, 0.3) is 0 Å². The molecule has 0 aromatic heterocycles. The summed E-state index contributed by atoms with van der Waals surface area (Å²) in [6.07, 6.45) is 2.67. The lowest BCUT2D eigenvalue weighted by Crippen LogP contribution is -2.01. The Morgan fingerprint density at radius 2 is 1.33 bits per heavy atom. The molecule has 0 aromatic carbocycles. The second-order valence-corrected chi connectivity index (χ2v) is 2.96. The molecule has 0 heterocycles. The fourth-order valence-electron chi connectivity index (χ4n) is 0.437. The monoisotopic (exact) mass is 266 g/mol. The molecule has 0 aliphatic rings. The Hall–Kier alpha value is -1.06. The summed E-state index contributed by atoms with van der Waals surface area (Å²) in [4.78, 5) is 20.0. The molecule has 114 valence electrons. The second-order valence-electron chi connectivity index (χ2n) is 2.96. The lowest BCUT2D eigenvalue weighted by molar-refractivity contribution is -0.143. The van der Waals surface area contributed by atoms with Gasteiger partial charge in [-0.2, -0.15) is 0 Å². The Balaban J connectivity index is -0.0000000494. The average molecular weight is 266 g/mol. The van der Waals surface area contributed by atoms with Gasteiger partial charge in [-0.05, 0) is 13.3 Å². The third-order valence-electron chi connectivity index (χ3n) is 1.05. The van der Waals surface area contributed by atoms with Crippen molar-refractivity contribution in [3.05, 3.63) is 0 Å². The molecule has 0 atom stereocenters. The topological polar surface area (TPSA) is 52.6 Å². The molecule has 0 radical (unpaired) electrons. The summed E-state index contributed by atoms with van der Waals surface area (Å²) in [5, 5.41) is 0. The van der Waals surface area contributed by atoms with Gasteiger partial charge in [-0.25, -0.2) is 0 Å². The van der Waals surface area contributed by atoms with E-state index in [1.165, 1.54) is 20.5 Å². The maximum Gasteiger partial charge on any atom is 0.305 e. The van der Waals surface area contributed by atoms with Crippen LogP contribution >= 0.6 is 0 Å². The van der Waals surface area contributed by atoms with Crippen molar-refractivity contribution in [3.8, 4) is 0 Å². The summed E-state index contributed by atoms with van der Waals surface area (Å²) < 4.78 is 8.75. The van der Waals surface area contributed by atoms with E-state index in [9.17, 15) is 9.59 Å². The first-order valence-corrected chi connectivity index (χ1v) is 5.70. The summed E-state index contributed by atoms with van der Waals surface area (Å²) in [6, 6.07) is 0. The van der Waals surface area contributed by atoms with Gasteiger partial charge < -0.3 is 9.47 Å². The molecular weight excluding hydrogens is 232 g/mol. The van der Waals surface area contributed by atoms with Gasteiger partial charge in [-0.3, -0.25) is 9.59 Å². The zero-order valence-electron chi connectivity index (χ0n) is 11.5. The van der Waals surface area contributed by atoms with Crippen LogP contribution in [0.15, 0.2) is 0 Å². The van der Waals surface area contributed by atoms with Crippen molar-refractivity contribution in [2.75, 3.05) is 13.7 Å². The Labute approximate surface area is 114 Å². The highest BCUT2D eigenvalue weighted by Gasteiger charge is 1.95. The van der Waals surface area contributed by atoms with Gasteiger partial charge in [-0.15, -0.1) is 0 Å². The molecule has 0 aliphatic carbocycles. The van der Waals surface area contributed by atoms with Gasteiger partial charge >= 0.3 is 11.9 Å². The molecule has 0 fully saturated rings. The third kappa shape index (κ3) is 60.3. The number of methoxy groups -OCH3 is 1. The molecule has 18 heavy (non-hydrogen) atoms. The smallest absolute Gasteiger partial charge is 0.305 e. The maximum atomic E-state index is 10.4. The van der Waals surface area contributed by atoms with Crippen LogP contribution in [0.3, 0.4) is 0 Å². The molecule has 4 heteroatoms. The summed E-state index contributed by atoms with van der Waals surface area (Å²) in [5.41, 5.74) is 0. The van der Waals surface area contributed by atoms with Crippen molar-refractivity contribution >= 4 is 11.9 Å². The fraction of sp³-hybridized carbons (Fsp3) is 0.857. The van der Waals surface area contributed by atoms with Crippen LogP contribution in [0.4, 0.5) is 0 Å². The van der Waals surface area contributed by atoms with Gasteiger partial charge in [0, 0.05) is 13.3 Å². The number of ether oxygens (including phenoxy) is 2. The fourth-order valence-corrected chi connectivity index (χ4v) is 0.437. The minimum absolute atomic E-state index is 0. The van der Waals surface area contributed by atoms with Crippen LogP contribution in [-0.2, 0) is 19.1 Å². The highest BCUT2D eigenvalue weighted by molar-refractivity contribution is 5.69. The van der Waals surface area contributed by atoms with Crippen molar-refractivity contribution in [2.24, 2.45) is 0 Å². The quantitative estimate of drug-likeness (QED) is 0.718. The predicted molar refractivity (Wildman–Crippen MR) is 78.7 cm³/mol. The highest BCUT2D eigenvalue weighted by Crippen LogP contribution is 1.89. The van der Waals surface area contributed by atoms with Gasteiger partial charge in [0.1, 0.15) is 0 Å². The van der Waals surface area contributed by atoms with Crippen molar-refractivity contribution in [2.45, 2.75) is 68.7 Å². The summed E-state index contributed by atoms with van der Waals surface area (Å²) in [6.45, 7) is 9.88. The van der Waals surface area contributed by atoms with Gasteiger partial charge in [0.15, 0.2) is 0 Å². The first-order valence-electron chi connectivity index (χ1n) is 5.70. The minimum atomic E-state index is -0.245. The zero-order chi connectivity index (χ0) is 13.4. The normalized spacial score (nSPS) is 6.78. The molecule has 0 bridgehead atoms. The van der Waals surface area contributed by atoms with Gasteiger partial charge in [0.05, 0.1) is 13.7 Å². The molecular formula is C14H34O4. The molecule has 0 saturated carbocycles. The van der Waals surface area contributed by atoms with Crippen LogP contribution in [0.5, 0.6) is 0 Å². The maximum absolute atomic E-state index is 10.4. The SMILES string of the molecule is C.C.CCC.CCCC(=O)OCC.COC(C)=O. The van der Waals surface area contributed by atoms with E-state index in [0.717, 1.165) is 6.42 Å². The number of esters is 2. The van der Waals surface area contributed by atoms with Crippen LogP contribution < -0.4 is 0 Å². The molecule has 4 nitrogen and oxygen atoms in total. The Morgan fingerprint density at radius 3 is 1.50 bits per heavy atom. The summed E-state index contributed by atoms with van der Waals surface area (Å²) >= 11 is 0. The van der Waals surface area contributed by atoms with E-state index in [1.54, 1.807) is 0 Å². The van der Waals surface area contributed by atoms with E-state index >= 15 is 0 Å². The van der Waals surface area contributed by atoms with Crippen LogP contribution in [0, 0.1) is 0 Å². The molecule has 0 N–H and O–H groups in total. The molecule has 0 aromatic rings. The number of carbonyl (C=O) groups is 2. The Morgan fingerprint density at radius 1 is 1.00 bits per heavy atom. The van der Waals surface area contributed by atoms with Gasteiger partial charge in [0.2, 0.25) is 0 Å². The predicted octanol–water partition coefficient (Wildman–Crippen LogP) is 4.22. The van der Waals surface area contributed by atoms with Crippen molar-refractivity contribution < 1.29 is 19.1 Å². The van der Waals surface area contributed by atoms with Crippen LogP contribution in [0.25, 0.3) is 0 Å². The molecule has 0 aliphatic heterocycles. The van der Waals surface area contributed by atoms with Crippen molar-refractivity contribution in [1.82, 2.24) is 0 Å². The first kappa shape index (κ1) is 30.2. The lowest BCUT2D eigenvalue weighted by Gasteiger charge is -1.96. The molecule has 0 saturated heterocycles. The van der Waals surface area contributed by atoms with Crippen molar-refractivity contribution in [1.29, 1.82) is 0 Å². The van der Waals surface area contributed by atoms with E-state index in [-0.39, 0.29) is 26.8 Å². The Bertz CT molecular complexity index is 148. The number of hydrogen-bond acceptors (Lipinski definition) is 4. The largest absolute Gasteiger partial charge is 0.469 e. The minimum Gasteiger partial charge on any atom is -0.469 e. The summed E-state index contributed by atoms with van der Waals surface area (Å²) in [7, 11) is 1.35. The highest BCUT2D eigenvalue weighted by atomic mass is 16.5. The molecule has 0 unspecified atom stereocenters. The van der Waals surface area contributed by atoms with E-state index in [2.05, 4.69) is 23.3 Å². The van der Waals surface area contributed by atoms with Gasteiger partial charge in [-0.1, -0.05) is 42.0 Å². The molecule has 0 spiro atoms. The standard InChI is InChI=1S/C6H12O2.C3H6O2.C3H8.2CH4/c1-3-5-6(7)8-4-2;1-3(4)5-2;1-3-2;;/h3-5H2,1-2H3;1-2H3;3H2,1-2H3;2*1H4. The first-order chi connectivity index (χ1) is 7.49. The van der Waals surface area contributed by atoms with Crippen molar-refractivity contribution in [3.63, 3.8) is 0 Å². The number of rotatable bonds is 3. The second kappa shape index (κ2) is 29.7. The van der Waals surface area contributed by atoms with E-state index < -0.39 is 0 Å². The molecule has 0 amide bonds.